The number of carbonyl (C=O) groups is 1. The Morgan fingerprint density at radius 2 is 2.25 bits per heavy atom. The second-order valence-electron chi connectivity index (χ2n) is 1.13. The van der Waals surface area contributed by atoms with E-state index in [1.165, 1.54) is 0 Å². The summed E-state index contributed by atoms with van der Waals surface area (Å²) >= 11 is 3.65. The maximum atomic E-state index is 9.76. The molecule has 5 heteroatoms. The van der Waals surface area contributed by atoms with E-state index >= 15 is 0 Å². The number of carboxylic acids is 1. The topological polar surface area (TPSA) is 63.3 Å². The molecule has 3 N–H and O–H groups in total. The minimum absolute atomic E-state index is 0. The van der Waals surface area contributed by atoms with Crippen LogP contribution in [0.2, 0.25) is 0 Å². The van der Waals surface area contributed by atoms with Crippen molar-refractivity contribution in [2.75, 3.05) is 5.75 Å². The SMILES string of the molecule is NC(CS)C(=O)O.[Cu+]. The fourth-order valence-corrected chi connectivity index (χ4v) is 0.234. The number of hydrogen-bond donors (Lipinski definition) is 3. The summed E-state index contributed by atoms with van der Waals surface area (Å²) in [6.07, 6.45) is 0. The molecule has 0 aromatic rings. The average Bonchev–Trinajstić information content (AvgIpc) is 1.65. The monoisotopic (exact) mass is 184 g/mol. The van der Waals surface area contributed by atoms with Crippen molar-refractivity contribution in [1.82, 2.24) is 0 Å². The molecule has 0 aliphatic heterocycles. The molecule has 52 valence electrons. The van der Waals surface area contributed by atoms with Crippen LogP contribution in [0.4, 0.5) is 0 Å². The van der Waals surface area contributed by atoms with Gasteiger partial charge in [0.25, 0.3) is 0 Å². The molecule has 0 amide bonds. The standard InChI is InChI=1S/C3H7NO2S.Cu/c4-2(1-7)3(5)6;/h2,7H,1,4H2,(H,5,6);/q;+1. The molecule has 1 atom stereocenters. The first kappa shape index (κ1) is 11.1. The number of carboxylic acid groups (broad SMARTS) is 1. The molecule has 0 aromatic carbocycles. The van der Waals surface area contributed by atoms with Crippen molar-refractivity contribution in [3.05, 3.63) is 0 Å². The summed E-state index contributed by atoms with van der Waals surface area (Å²) in [5, 5.41) is 8.01. The number of thiol groups is 1. The molecule has 0 bridgehead atoms. The fraction of sp³-hybridized carbons (Fsp3) is 0.667. The number of nitrogens with two attached hydrogens (primary N) is 1. The number of hydrogen-bond acceptors (Lipinski definition) is 3. The molecule has 0 spiro atoms. The van der Waals surface area contributed by atoms with Crippen LogP contribution in [0, 0.1) is 0 Å². The fourth-order valence-electron chi connectivity index (χ4n) is 0.0781. The van der Waals surface area contributed by atoms with E-state index in [-0.39, 0.29) is 22.8 Å². The number of rotatable bonds is 2. The molecule has 8 heavy (non-hydrogen) atoms. The van der Waals surface area contributed by atoms with Gasteiger partial charge in [-0.05, 0) is 0 Å². The largest absolute Gasteiger partial charge is 1.00 e. The Hall–Kier alpha value is 0.299. The van der Waals surface area contributed by atoms with Crippen LogP contribution >= 0.6 is 12.6 Å². The number of aliphatic carboxylic acids is 1. The zero-order chi connectivity index (χ0) is 5.86. The van der Waals surface area contributed by atoms with Gasteiger partial charge >= 0.3 is 23.0 Å². The van der Waals surface area contributed by atoms with Crippen LogP contribution in [0.5, 0.6) is 0 Å². The van der Waals surface area contributed by atoms with Gasteiger partial charge in [-0.3, -0.25) is 4.79 Å². The molecule has 0 saturated heterocycles. The molecule has 0 heterocycles. The van der Waals surface area contributed by atoms with Crippen LogP contribution in [-0.4, -0.2) is 22.9 Å². The van der Waals surface area contributed by atoms with Crippen molar-refractivity contribution in [3.8, 4) is 0 Å². The molecule has 0 aromatic heterocycles. The normalized spacial score (nSPS) is 11.8. The van der Waals surface area contributed by atoms with E-state index in [4.69, 9.17) is 10.8 Å². The van der Waals surface area contributed by atoms with Crippen LogP contribution in [0.25, 0.3) is 0 Å². The van der Waals surface area contributed by atoms with Crippen molar-refractivity contribution in [2.45, 2.75) is 6.04 Å². The van der Waals surface area contributed by atoms with E-state index in [9.17, 15) is 4.79 Å². The first-order valence-corrected chi connectivity index (χ1v) is 2.41. The molecule has 3 nitrogen and oxygen atoms in total. The second kappa shape index (κ2) is 5.44. The summed E-state index contributed by atoms with van der Waals surface area (Å²) in [5.74, 6) is -0.815. The summed E-state index contributed by atoms with van der Waals surface area (Å²) in [7, 11) is 0. The third kappa shape index (κ3) is 4.46. The minimum Gasteiger partial charge on any atom is -0.480 e. The van der Waals surface area contributed by atoms with Gasteiger partial charge in [-0.2, -0.15) is 12.6 Å². The molecule has 0 aliphatic carbocycles. The van der Waals surface area contributed by atoms with Gasteiger partial charge in [-0.1, -0.05) is 0 Å². The van der Waals surface area contributed by atoms with Gasteiger partial charge in [-0.25, -0.2) is 0 Å². The zero-order valence-electron chi connectivity index (χ0n) is 3.97. The van der Waals surface area contributed by atoms with Crippen molar-refractivity contribution >= 4 is 18.6 Å². The van der Waals surface area contributed by atoms with Crippen LogP contribution in [0.3, 0.4) is 0 Å². The van der Waals surface area contributed by atoms with Gasteiger partial charge in [-0.15, -0.1) is 0 Å². The van der Waals surface area contributed by atoms with E-state index < -0.39 is 12.0 Å². The Bertz CT molecular complexity index is 79.7. The third-order valence-electron chi connectivity index (χ3n) is 0.514. The molecule has 0 aliphatic rings. The van der Waals surface area contributed by atoms with Gasteiger partial charge in [0.2, 0.25) is 0 Å². The summed E-state index contributed by atoms with van der Waals surface area (Å²) < 4.78 is 0. The Kier molecular flexibility index (Phi) is 7.57. The predicted molar refractivity (Wildman–Crippen MR) is 29.5 cm³/mol. The summed E-state index contributed by atoms with van der Waals surface area (Å²) in [6.45, 7) is 0. The van der Waals surface area contributed by atoms with Gasteiger partial charge < -0.3 is 10.8 Å². The Balaban J connectivity index is 0. The van der Waals surface area contributed by atoms with Gasteiger partial charge in [0.05, 0.1) is 0 Å². The Morgan fingerprint density at radius 1 is 1.88 bits per heavy atom. The molecular weight excluding hydrogens is 178 g/mol. The van der Waals surface area contributed by atoms with Crippen molar-refractivity contribution < 1.29 is 27.0 Å². The average molecular weight is 185 g/mol. The minimum atomic E-state index is -1.00. The third-order valence-corrected chi connectivity index (χ3v) is 0.907. The summed E-state index contributed by atoms with van der Waals surface area (Å²) in [6, 6.07) is -0.816. The molecule has 0 fully saturated rings. The molecule has 0 rings (SSSR count). The van der Waals surface area contributed by atoms with Gasteiger partial charge in [0.15, 0.2) is 0 Å². The Morgan fingerprint density at radius 3 is 2.25 bits per heavy atom. The van der Waals surface area contributed by atoms with Crippen LogP contribution in [0.1, 0.15) is 0 Å². The van der Waals surface area contributed by atoms with Crippen LogP contribution < -0.4 is 5.73 Å². The summed E-state index contributed by atoms with van der Waals surface area (Å²) in [5.41, 5.74) is 4.94. The van der Waals surface area contributed by atoms with E-state index in [0.717, 1.165) is 0 Å². The van der Waals surface area contributed by atoms with Crippen molar-refractivity contribution in [1.29, 1.82) is 0 Å². The predicted octanol–water partition coefficient (Wildman–Crippen LogP) is -0.674. The maximum absolute atomic E-state index is 9.76. The molecular formula is C3H7CuNO2S+. The van der Waals surface area contributed by atoms with Crippen molar-refractivity contribution in [2.24, 2.45) is 5.73 Å². The van der Waals surface area contributed by atoms with E-state index in [2.05, 4.69) is 12.6 Å². The first-order valence-electron chi connectivity index (χ1n) is 1.77. The zero-order valence-corrected chi connectivity index (χ0v) is 5.80. The maximum Gasteiger partial charge on any atom is 1.00 e. The Labute approximate surface area is 63.5 Å². The van der Waals surface area contributed by atoms with E-state index in [0.29, 0.717) is 0 Å². The molecule has 0 saturated carbocycles. The van der Waals surface area contributed by atoms with E-state index in [1.54, 1.807) is 0 Å². The second-order valence-corrected chi connectivity index (χ2v) is 1.49. The van der Waals surface area contributed by atoms with Crippen molar-refractivity contribution in [3.63, 3.8) is 0 Å². The molecule has 1 unspecified atom stereocenters. The van der Waals surface area contributed by atoms with Gasteiger partial charge in [0, 0.05) is 5.75 Å². The first-order chi connectivity index (χ1) is 3.18. The summed E-state index contributed by atoms with van der Waals surface area (Å²) in [4.78, 5) is 9.76. The molecule has 0 radical (unpaired) electrons. The van der Waals surface area contributed by atoms with Crippen LogP contribution in [0.15, 0.2) is 0 Å². The smallest absolute Gasteiger partial charge is 0.480 e. The van der Waals surface area contributed by atoms with Gasteiger partial charge in [0.1, 0.15) is 6.04 Å². The van der Waals surface area contributed by atoms with E-state index in [1.807, 2.05) is 0 Å². The van der Waals surface area contributed by atoms with Crippen LogP contribution in [-0.2, 0) is 21.9 Å². The quantitative estimate of drug-likeness (QED) is 0.394.